The fraction of sp³-hybridized carbons (Fsp3) is 0.250. The molecule has 0 aliphatic carbocycles. The van der Waals surface area contributed by atoms with E-state index in [1.54, 1.807) is 36.4 Å². The van der Waals surface area contributed by atoms with Crippen LogP contribution >= 0.6 is 0 Å². The third-order valence-corrected chi connectivity index (χ3v) is 5.86. The number of methoxy groups -OCH3 is 1. The fourth-order valence-electron chi connectivity index (χ4n) is 2.35. The second-order valence-electron chi connectivity index (χ2n) is 6.47. The van der Waals surface area contributed by atoms with Crippen LogP contribution in [0.3, 0.4) is 0 Å². The van der Waals surface area contributed by atoms with Crippen LogP contribution in [-0.2, 0) is 24.3 Å². The quantitative estimate of drug-likeness (QED) is 0.584. The van der Waals surface area contributed by atoms with Crippen LogP contribution in [0, 0.1) is 6.92 Å². The summed E-state index contributed by atoms with van der Waals surface area (Å²) in [6, 6.07) is 11.7. The lowest BCUT2D eigenvalue weighted by atomic mass is 10.2. The van der Waals surface area contributed by atoms with Crippen molar-refractivity contribution < 1.29 is 32.3 Å². The second-order valence-corrected chi connectivity index (χ2v) is 8.51. The Morgan fingerprint density at radius 1 is 1.00 bits per heavy atom. The number of nitrogens with zero attached hydrogens (tertiary/aromatic N) is 1. The van der Waals surface area contributed by atoms with Crippen molar-refractivity contribution in [1.82, 2.24) is 9.62 Å². The molecule has 10 nitrogen and oxygen atoms in total. The van der Waals surface area contributed by atoms with E-state index in [-0.39, 0.29) is 4.90 Å². The molecular weight excluding hydrogens is 426 g/mol. The lowest BCUT2D eigenvalue weighted by Crippen LogP contribution is -2.38. The molecule has 0 fully saturated rings. The van der Waals surface area contributed by atoms with Gasteiger partial charge in [0.05, 0.1) is 12.0 Å². The van der Waals surface area contributed by atoms with Crippen LogP contribution in [0.1, 0.15) is 5.56 Å². The first-order chi connectivity index (χ1) is 14.6. The highest BCUT2D eigenvalue weighted by Gasteiger charge is 2.24. The summed E-state index contributed by atoms with van der Waals surface area (Å²) in [6.45, 7) is 0.481. The number of imide groups is 1. The standard InChI is InChI=1S/C20H23N3O7S/c1-14-4-10-17(11-5-14)31(27,28)23(2)12-19(25)30-13-18(24)22-20(26)21-15-6-8-16(29-3)9-7-15/h4-11H,12-13H2,1-3H3,(H2,21,22,24,26). The van der Waals surface area contributed by atoms with Gasteiger partial charge in [-0.3, -0.25) is 14.9 Å². The van der Waals surface area contributed by atoms with E-state index in [4.69, 9.17) is 9.47 Å². The number of ether oxygens (including phenoxy) is 2. The maximum Gasteiger partial charge on any atom is 0.325 e. The van der Waals surface area contributed by atoms with Crippen LogP contribution in [0.2, 0.25) is 0 Å². The van der Waals surface area contributed by atoms with Crippen LogP contribution in [0.4, 0.5) is 10.5 Å². The Kier molecular flexibility index (Phi) is 8.11. The van der Waals surface area contributed by atoms with E-state index in [1.807, 2.05) is 12.2 Å². The highest BCUT2D eigenvalue weighted by Crippen LogP contribution is 2.15. The number of hydrogen-bond donors (Lipinski definition) is 2. The number of carbonyl (C=O) groups excluding carboxylic acids is 3. The minimum atomic E-state index is -3.89. The molecule has 0 saturated heterocycles. The van der Waals surface area contributed by atoms with Crippen molar-refractivity contribution in [1.29, 1.82) is 0 Å². The average Bonchev–Trinajstić information content (AvgIpc) is 2.73. The number of urea groups is 1. The van der Waals surface area contributed by atoms with Gasteiger partial charge in [-0.1, -0.05) is 17.7 Å². The average molecular weight is 449 g/mol. The fourth-order valence-corrected chi connectivity index (χ4v) is 3.46. The molecule has 31 heavy (non-hydrogen) atoms. The van der Waals surface area contributed by atoms with Gasteiger partial charge in [0.2, 0.25) is 10.0 Å². The molecule has 0 spiro atoms. The minimum Gasteiger partial charge on any atom is -0.497 e. The van der Waals surface area contributed by atoms with Crippen molar-refractivity contribution in [2.24, 2.45) is 0 Å². The molecule has 2 aromatic rings. The predicted octanol–water partition coefficient (Wildman–Crippen LogP) is 1.52. The first-order valence-electron chi connectivity index (χ1n) is 9.05. The number of rotatable bonds is 8. The molecule has 2 rings (SSSR count). The summed E-state index contributed by atoms with van der Waals surface area (Å²) in [7, 11) is -1.16. The number of anilines is 1. The topological polar surface area (TPSA) is 131 Å². The molecule has 166 valence electrons. The molecule has 3 amide bonds. The number of sulfonamides is 1. The van der Waals surface area contributed by atoms with E-state index in [0.29, 0.717) is 11.4 Å². The van der Waals surface area contributed by atoms with Gasteiger partial charge in [0, 0.05) is 12.7 Å². The van der Waals surface area contributed by atoms with Crippen LogP contribution < -0.4 is 15.4 Å². The van der Waals surface area contributed by atoms with Crippen molar-refractivity contribution in [2.45, 2.75) is 11.8 Å². The van der Waals surface area contributed by atoms with Crippen LogP contribution in [0.15, 0.2) is 53.4 Å². The Morgan fingerprint density at radius 3 is 2.19 bits per heavy atom. The van der Waals surface area contributed by atoms with Crippen molar-refractivity contribution in [3.63, 3.8) is 0 Å². The molecule has 0 aliphatic rings. The number of benzene rings is 2. The third-order valence-electron chi connectivity index (χ3n) is 4.05. The van der Waals surface area contributed by atoms with Crippen LogP contribution in [-0.4, -0.2) is 57.9 Å². The van der Waals surface area contributed by atoms with Gasteiger partial charge in [-0.15, -0.1) is 0 Å². The van der Waals surface area contributed by atoms with Gasteiger partial charge in [-0.2, -0.15) is 4.31 Å². The number of nitrogens with one attached hydrogen (secondary N) is 2. The summed E-state index contributed by atoms with van der Waals surface area (Å²) in [5.74, 6) is -1.21. The third kappa shape index (κ3) is 7.08. The SMILES string of the molecule is COc1ccc(NC(=O)NC(=O)COC(=O)CN(C)S(=O)(=O)c2ccc(C)cc2)cc1. The van der Waals surface area contributed by atoms with Crippen LogP contribution in [0.5, 0.6) is 5.75 Å². The number of amides is 3. The van der Waals surface area contributed by atoms with Gasteiger partial charge in [0.25, 0.3) is 5.91 Å². The number of carbonyl (C=O) groups is 3. The summed E-state index contributed by atoms with van der Waals surface area (Å²) in [5.41, 5.74) is 1.31. The van der Waals surface area contributed by atoms with E-state index < -0.39 is 41.1 Å². The van der Waals surface area contributed by atoms with Gasteiger partial charge < -0.3 is 14.8 Å². The number of hydrogen-bond acceptors (Lipinski definition) is 7. The summed E-state index contributed by atoms with van der Waals surface area (Å²) in [5, 5.41) is 4.43. The first-order valence-corrected chi connectivity index (χ1v) is 10.5. The molecule has 0 bridgehead atoms. The number of likely N-dealkylation sites (N-methyl/N-ethyl adjacent to an activating group) is 1. The van der Waals surface area contributed by atoms with Crippen molar-refractivity contribution in [2.75, 3.05) is 32.6 Å². The largest absolute Gasteiger partial charge is 0.497 e. The Bertz CT molecular complexity index is 1040. The van der Waals surface area contributed by atoms with E-state index in [0.717, 1.165) is 9.87 Å². The van der Waals surface area contributed by atoms with Gasteiger partial charge in [-0.05, 0) is 43.3 Å². The summed E-state index contributed by atoms with van der Waals surface area (Å²) in [4.78, 5) is 35.5. The lowest BCUT2D eigenvalue weighted by molar-refractivity contribution is -0.148. The molecule has 0 aliphatic heterocycles. The first kappa shape index (κ1) is 23.8. The minimum absolute atomic E-state index is 0.0290. The Balaban J connectivity index is 1.79. The van der Waals surface area contributed by atoms with Gasteiger partial charge in [0.15, 0.2) is 6.61 Å². The summed E-state index contributed by atoms with van der Waals surface area (Å²) < 4.78 is 35.5. The molecule has 2 aromatic carbocycles. The molecule has 0 atom stereocenters. The van der Waals surface area contributed by atoms with E-state index >= 15 is 0 Å². The van der Waals surface area contributed by atoms with Crippen molar-refractivity contribution in [3.8, 4) is 5.75 Å². The second kappa shape index (κ2) is 10.5. The summed E-state index contributed by atoms with van der Waals surface area (Å²) >= 11 is 0. The molecule has 0 radical (unpaired) electrons. The Morgan fingerprint density at radius 2 is 1.61 bits per heavy atom. The number of esters is 1. The van der Waals surface area contributed by atoms with E-state index in [9.17, 15) is 22.8 Å². The molecule has 0 saturated carbocycles. The van der Waals surface area contributed by atoms with Crippen molar-refractivity contribution >= 4 is 33.6 Å². The van der Waals surface area contributed by atoms with Gasteiger partial charge >= 0.3 is 12.0 Å². The van der Waals surface area contributed by atoms with E-state index in [1.165, 1.54) is 26.3 Å². The monoisotopic (exact) mass is 449 g/mol. The maximum atomic E-state index is 12.5. The lowest BCUT2D eigenvalue weighted by Gasteiger charge is -2.16. The van der Waals surface area contributed by atoms with E-state index in [2.05, 4.69) is 5.32 Å². The van der Waals surface area contributed by atoms with Crippen LogP contribution in [0.25, 0.3) is 0 Å². The molecular formula is C20H23N3O7S. The Hall–Kier alpha value is -3.44. The molecule has 0 heterocycles. The van der Waals surface area contributed by atoms with Gasteiger partial charge in [-0.25, -0.2) is 13.2 Å². The zero-order chi connectivity index (χ0) is 23.0. The molecule has 11 heteroatoms. The summed E-state index contributed by atoms with van der Waals surface area (Å²) in [6.07, 6.45) is 0. The predicted molar refractivity (Wildman–Crippen MR) is 112 cm³/mol. The molecule has 0 aromatic heterocycles. The Labute approximate surface area is 180 Å². The van der Waals surface area contributed by atoms with Gasteiger partial charge in [0.1, 0.15) is 12.3 Å². The maximum absolute atomic E-state index is 12.5. The molecule has 0 unspecified atom stereocenters. The highest BCUT2D eigenvalue weighted by atomic mass is 32.2. The zero-order valence-electron chi connectivity index (χ0n) is 17.2. The van der Waals surface area contributed by atoms with Crippen molar-refractivity contribution in [3.05, 3.63) is 54.1 Å². The highest BCUT2D eigenvalue weighted by molar-refractivity contribution is 7.89. The zero-order valence-corrected chi connectivity index (χ0v) is 18.1. The normalized spacial score (nSPS) is 11.0. The molecule has 2 N–H and O–H groups in total. The smallest absolute Gasteiger partial charge is 0.325 e. The number of aryl methyl sites for hydroxylation is 1.